The van der Waals surface area contributed by atoms with Crippen LogP contribution in [0.4, 0.5) is 0 Å². The quantitative estimate of drug-likeness (QED) is 0.370. The van der Waals surface area contributed by atoms with E-state index in [0.717, 1.165) is 4.47 Å². The highest BCUT2D eigenvalue weighted by Crippen LogP contribution is 2.22. The minimum Gasteiger partial charge on any atom is -0.507 e. The van der Waals surface area contributed by atoms with E-state index in [0.29, 0.717) is 5.56 Å². The second-order valence-electron chi connectivity index (χ2n) is 3.24. The van der Waals surface area contributed by atoms with Crippen molar-refractivity contribution in [2.75, 3.05) is 6.61 Å². The SMILES string of the molecule is O=C1OC/C(=C(\O)c2ccc(Br)cc2)C1=O. The molecular formula is C11H7BrO4. The standard InChI is InChI=1S/C11H7BrO4/c12-7-3-1-6(2-4-7)9(13)8-5-16-11(15)10(8)14/h1-4,13H,5H2/b9-8+. The maximum atomic E-state index is 11.3. The second kappa shape index (κ2) is 4.09. The van der Waals surface area contributed by atoms with Crippen LogP contribution in [-0.4, -0.2) is 23.5 Å². The van der Waals surface area contributed by atoms with E-state index in [-0.39, 0.29) is 17.9 Å². The number of esters is 1. The van der Waals surface area contributed by atoms with Crippen molar-refractivity contribution in [3.05, 3.63) is 39.9 Å². The largest absolute Gasteiger partial charge is 0.507 e. The Kier molecular flexibility index (Phi) is 2.78. The molecule has 1 fully saturated rings. The van der Waals surface area contributed by atoms with E-state index >= 15 is 0 Å². The van der Waals surface area contributed by atoms with Gasteiger partial charge in [0.05, 0.1) is 5.57 Å². The summed E-state index contributed by atoms with van der Waals surface area (Å²) in [5.41, 5.74) is 0.483. The van der Waals surface area contributed by atoms with Gasteiger partial charge in [0, 0.05) is 10.0 Å². The molecule has 1 aliphatic rings. The minimum atomic E-state index is -0.918. The highest BCUT2D eigenvalue weighted by Gasteiger charge is 2.32. The number of benzene rings is 1. The van der Waals surface area contributed by atoms with E-state index in [2.05, 4.69) is 20.7 Å². The van der Waals surface area contributed by atoms with Crippen LogP contribution in [0.1, 0.15) is 5.56 Å². The molecule has 0 saturated carbocycles. The van der Waals surface area contributed by atoms with Gasteiger partial charge >= 0.3 is 5.97 Å². The molecule has 0 aromatic heterocycles. The summed E-state index contributed by atoms with van der Waals surface area (Å²) < 4.78 is 5.39. The predicted molar refractivity (Wildman–Crippen MR) is 59.7 cm³/mol. The number of rotatable bonds is 1. The van der Waals surface area contributed by atoms with Gasteiger partial charge in [-0.1, -0.05) is 28.1 Å². The lowest BCUT2D eigenvalue weighted by Crippen LogP contribution is -2.07. The molecule has 1 aromatic rings. The topological polar surface area (TPSA) is 63.6 Å². The highest BCUT2D eigenvalue weighted by molar-refractivity contribution is 9.10. The van der Waals surface area contributed by atoms with E-state index in [9.17, 15) is 14.7 Å². The summed E-state index contributed by atoms with van der Waals surface area (Å²) in [5.74, 6) is -1.90. The lowest BCUT2D eigenvalue weighted by atomic mass is 10.1. The Morgan fingerprint density at radius 2 is 1.88 bits per heavy atom. The van der Waals surface area contributed by atoms with Crippen molar-refractivity contribution in [3.63, 3.8) is 0 Å². The van der Waals surface area contributed by atoms with E-state index in [4.69, 9.17) is 0 Å². The molecule has 1 aromatic carbocycles. The smallest absolute Gasteiger partial charge is 0.379 e. The van der Waals surface area contributed by atoms with Crippen LogP contribution in [0.3, 0.4) is 0 Å². The molecule has 0 atom stereocenters. The molecule has 2 rings (SSSR count). The van der Waals surface area contributed by atoms with Crippen molar-refractivity contribution < 1.29 is 19.4 Å². The van der Waals surface area contributed by atoms with E-state index < -0.39 is 11.8 Å². The number of Topliss-reactive ketones (excluding diaryl/α,β-unsaturated/α-hetero) is 1. The normalized spacial score (nSPS) is 18.6. The molecule has 0 radical (unpaired) electrons. The van der Waals surface area contributed by atoms with Gasteiger partial charge in [-0.15, -0.1) is 0 Å². The molecule has 0 bridgehead atoms. The first-order valence-electron chi connectivity index (χ1n) is 4.49. The molecule has 5 heteroatoms. The fraction of sp³-hybridized carbons (Fsp3) is 0.0909. The number of halogens is 1. The lowest BCUT2D eigenvalue weighted by Gasteiger charge is -2.02. The van der Waals surface area contributed by atoms with E-state index in [1.165, 1.54) is 0 Å². The molecular weight excluding hydrogens is 276 g/mol. The molecule has 82 valence electrons. The zero-order valence-electron chi connectivity index (χ0n) is 8.07. The second-order valence-corrected chi connectivity index (χ2v) is 4.15. The van der Waals surface area contributed by atoms with Crippen LogP contribution in [0.2, 0.25) is 0 Å². The Morgan fingerprint density at radius 1 is 1.25 bits per heavy atom. The maximum Gasteiger partial charge on any atom is 0.379 e. The Morgan fingerprint density at radius 3 is 2.38 bits per heavy atom. The molecule has 1 N–H and O–H groups in total. The molecule has 1 aliphatic heterocycles. The number of hydrogen-bond donors (Lipinski definition) is 1. The summed E-state index contributed by atoms with van der Waals surface area (Å²) in [6.45, 7) is -0.167. The molecule has 0 spiro atoms. The average molecular weight is 283 g/mol. The summed E-state index contributed by atoms with van der Waals surface area (Å²) in [5, 5.41) is 9.81. The van der Waals surface area contributed by atoms with Crippen LogP contribution in [0, 0.1) is 0 Å². The van der Waals surface area contributed by atoms with Gasteiger partial charge in [0.25, 0.3) is 5.78 Å². The number of carbonyl (C=O) groups excluding carboxylic acids is 2. The first-order chi connectivity index (χ1) is 7.59. The van der Waals surface area contributed by atoms with Gasteiger partial charge in [0.15, 0.2) is 0 Å². The van der Waals surface area contributed by atoms with Crippen molar-refractivity contribution in [3.8, 4) is 0 Å². The Labute approximate surface area is 99.7 Å². The number of carbonyl (C=O) groups is 2. The summed E-state index contributed by atoms with van der Waals surface area (Å²) in [7, 11) is 0. The van der Waals surface area contributed by atoms with Gasteiger partial charge < -0.3 is 9.84 Å². The molecule has 4 nitrogen and oxygen atoms in total. The highest BCUT2D eigenvalue weighted by atomic mass is 79.9. The first kappa shape index (κ1) is 10.9. The van der Waals surface area contributed by atoms with Crippen LogP contribution in [0.15, 0.2) is 34.3 Å². The zero-order chi connectivity index (χ0) is 11.7. The number of aliphatic hydroxyl groups is 1. The maximum absolute atomic E-state index is 11.3. The van der Waals surface area contributed by atoms with Gasteiger partial charge in [0.1, 0.15) is 12.4 Å². The average Bonchev–Trinajstić information content (AvgIpc) is 2.60. The molecule has 0 unspecified atom stereocenters. The first-order valence-corrected chi connectivity index (χ1v) is 5.28. The molecule has 16 heavy (non-hydrogen) atoms. The van der Waals surface area contributed by atoms with Gasteiger partial charge in [-0.05, 0) is 12.1 Å². The summed E-state index contributed by atoms with van der Waals surface area (Å²) in [6, 6.07) is 6.74. The Balaban J connectivity index is 2.41. The molecule has 1 heterocycles. The number of cyclic esters (lactones) is 1. The minimum absolute atomic E-state index is 0.00678. The third-order valence-electron chi connectivity index (χ3n) is 2.21. The lowest BCUT2D eigenvalue weighted by molar-refractivity contribution is -0.146. The van der Waals surface area contributed by atoms with Crippen molar-refractivity contribution >= 4 is 33.4 Å². The van der Waals surface area contributed by atoms with Crippen molar-refractivity contribution in [1.29, 1.82) is 0 Å². The van der Waals surface area contributed by atoms with Crippen LogP contribution >= 0.6 is 15.9 Å². The van der Waals surface area contributed by atoms with Crippen LogP contribution < -0.4 is 0 Å². The third kappa shape index (κ3) is 1.86. The van der Waals surface area contributed by atoms with Crippen LogP contribution in [0.25, 0.3) is 5.76 Å². The number of ketones is 1. The van der Waals surface area contributed by atoms with Gasteiger partial charge in [0.2, 0.25) is 0 Å². The van der Waals surface area contributed by atoms with Crippen LogP contribution in [0.5, 0.6) is 0 Å². The van der Waals surface area contributed by atoms with Crippen molar-refractivity contribution in [2.45, 2.75) is 0 Å². The van der Waals surface area contributed by atoms with Gasteiger partial charge in [-0.2, -0.15) is 0 Å². The molecule has 1 saturated heterocycles. The van der Waals surface area contributed by atoms with Crippen LogP contribution in [-0.2, 0) is 14.3 Å². The number of hydrogen-bond acceptors (Lipinski definition) is 4. The zero-order valence-corrected chi connectivity index (χ0v) is 9.65. The summed E-state index contributed by atoms with van der Waals surface area (Å²) in [6.07, 6.45) is 0. The number of aliphatic hydroxyl groups excluding tert-OH is 1. The van der Waals surface area contributed by atoms with Crippen molar-refractivity contribution in [2.24, 2.45) is 0 Å². The van der Waals surface area contributed by atoms with E-state index in [1.807, 2.05) is 0 Å². The Bertz CT molecular complexity index is 487. The third-order valence-corrected chi connectivity index (χ3v) is 2.74. The van der Waals surface area contributed by atoms with E-state index in [1.54, 1.807) is 24.3 Å². The monoisotopic (exact) mass is 282 g/mol. The summed E-state index contributed by atoms with van der Waals surface area (Å²) >= 11 is 3.26. The Hall–Kier alpha value is -1.62. The molecule has 0 aliphatic carbocycles. The summed E-state index contributed by atoms with van der Waals surface area (Å²) in [4.78, 5) is 22.1. The molecule has 0 amide bonds. The fourth-order valence-corrected chi connectivity index (χ4v) is 1.61. The van der Waals surface area contributed by atoms with Crippen molar-refractivity contribution in [1.82, 2.24) is 0 Å². The van der Waals surface area contributed by atoms with Gasteiger partial charge in [-0.25, -0.2) is 4.79 Å². The predicted octanol–water partition coefficient (Wildman–Crippen LogP) is 1.84. The number of ether oxygens (including phenoxy) is 1. The fourth-order valence-electron chi connectivity index (χ4n) is 1.35. The van der Waals surface area contributed by atoms with Gasteiger partial charge in [-0.3, -0.25) is 4.79 Å².